The normalized spacial score (nSPS) is 20.4. The van der Waals surface area contributed by atoms with Crippen LogP contribution in [0.3, 0.4) is 0 Å². The maximum absolute atomic E-state index is 12.4. The fourth-order valence-corrected chi connectivity index (χ4v) is 4.88. The number of carbonyl (C=O) groups excluding carboxylic acids is 1. The highest BCUT2D eigenvalue weighted by atomic mass is 16.2. The molecule has 150 valence electrons. The summed E-state index contributed by atoms with van der Waals surface area (Å²) in [4.78, 5) is 12.4. The summed E-state index contributed by atoms with van der Waals surface area (Å²) in [6.45, 7) is 6.42. The maximum atomic E-state index is 12.4. The fourth-order valence-electron chi connectivity index (χ4n) is 4.88. The van der Waals surface area contributed by atoms with Gasteiger partial charge in [0.2, 0.25) is 5.91 Å². The van der Waals surface area contributed by atoms with Gasteiger partial charge in [0.05, 0.1) is 6.04 Å². The number of amides is 1. The second-order valence-corrected chi connectivity index (χ2v) is 8.91. The van der Waals surface area contributed by atoms with Crippen molar-refractivity contribution in [2.24, 2.45) is 0 Å². The molecule has 0 radical (unpaired) electrons. The molecule has 0 saturated carbocycles. The molecular formula is C27H26N2O. The van der Waals surface area contributed by atoms with E-state index in [9.17, 15) is 4.79 Å². The summed E-state index contributed by atoms with van der Waals surface area (Å²) in [7, 11) is 0. The Morgan fingerprint density at radius 3 is 2.13 bits per heavy atom. The van der Waals surface area contributed by atoms with Crippen LogP contribution >= 0.6 is 0 Å². The SMILES string of the molecule is Cc1ccc2c(c1)C(c1ccccc1)=C(c1ccccc1)C2N1NC(=O)CC1(C)C. The summed E-state index contributed by atoms with van der Waals surface area (Å²) in [6, 6.07) is 27.8. The highest BCUT2D eigenvalue weighted by molar-refractivity contribution is 6.05. The van der Waals surface area contributed by atoms with Crippen molar-refractivity contribution in [3.05, 3.63) is 107 Å². The van der Waals surface area contributed by atoms with Crippen molar-refractivity contribution in [1.29, 1.82) is 0 Å². The molecule has 1 amide bonds. The van der Waals surface area contributed by atoms with Gasteiger partial charge < -0.3 is 0 Å². The van der Waals surface area contributed by atoms with E-state index in [0.29, 0.717) is 6.42 Å². The van der Waals surface area contributed by atoms with Crippen molar-refractivity contribution in [3.8, 4) is 0 Å². The van der Waals surface area contributed by atoms with E-state index in [1.165, 1.54) is 39.0 Å². The van der Waals surface area contributed by atoms with Gasteiger partial charge in [-0.05, 0) is 54.2 Å². The van der Waals surface area contributed by atoms with Gasteiger partial charge in [-0.15, -0.1) is 0 Å². The number of nitrogens with zero attached hydrogens (tertiary/aromatic N) is 1. The Labute approximate surface area is 178 Å². The Balaban J connectivity index is 1.83. The van der Waals surface area contributed by atoms with Crippen LogP contribution in [0.4, 0.5) is 0 Å². The zero-order valence-corrected chi connectivity index (χ0v) is 17.6. The third-order valence-electron chi connectivity index (χ3n) is 6.21. The highest BCUT2D eigenvalue weighted by Crippen LogP contribution is 2.53. The van der Waals surface area contributed by atoms with Crippen molar-refractivity contribution in [1.82, 2.24) is 10.4 Å². The van der Waals surface area contributed by atoms with Gasteiger partial charge in [-0.2, -0.15) is 0 Å². The number of hydrazine groups is 1. The Kier molecular flexibility index (Phi) is 4.37. The number of hydrogen-bond donors (Lipinski definition) is 1. The number of hydrogen-bond acceptors (Lipinski definition) is 2. The number of fused-ring (bicyclic) bond motifs is 1. The topological polar surface area (TPSA) is 32.3 Å². The second kappa shape index (κ2) is 6.96. The van der Waals surface area contributed by atoms with Crippen LogP contribution in [0.1, 0.15) is 54.1 Å². The third-order valence-corrected chi connectivity index (χ3v) is 6.21. The zero-order chi connectivity index (χ0) is 20.9. The molecule has 3 nitrogen and oxygen atoms in total. The number of benzene rings is 3. The van der Waals surface area contributed by atoms with Gasteiger partial charge in [-0.1, -0.05) is 84.4 Å². The summed E-state index contributed by atoms with van der Waals surface area (Å²) in [6.07, 6.45) is 0.493. The lowest BCUT2D eigenvalue weighted by Crippen LogP contribution is -2.46. The average molecular weight is 395 g/mol. The minimum atomic E-state index is -0.282. The largest absolute Gasteiger partial charge is 0.287 e. The molecule has 5 rings (SSSR count). The van der Waals surface area contributed by atoms with E-state index in [1.807, 2.05) is 0 Å². The van der Waals surface area contributed by atoms with Crippen molar-refractivity contribution < 1.29 is 4.79 Å². The van der Waals surface area contributed by atoms with Gasteiger partial charge in [0, 0.05) is 12.0 Å². The molecule has 1 aliphatic carbocycles. The first-order valence-corrected chi connectivity index (χ1v) is 10.5. The molecule has 1 aliphatic heterocycles. The minimum absolute atomic E-state index is 0.0420. The van der Waals surface area contributed by atoms with E-state index in [2.05, 4.69) is 110 Å². The first kappa shape index (κ1) is 18.8. The summed E-state index contributed by atoms with van der Waals surface area (Å²) < 4.78 is 0. The summed E-state index contributed by atoms with van der Waals surface area (Å²) in [5, 5.41) is 2.17. The lowest BCUT2D eigenvalue weighted by Gasteiger charge is -2.37. The molecule has 1 atom stereocenters. The van der Waals surface area contributed by atoms with Crippen molar-refractivity contribution in [2.45, 2.75) is 38.8 Å². The second-order valence-electron chi connectivity index (χ2n) is 8.91. The molecular weight excluding hydrogens is 368 g/mol. The molecule has 2 aliphatic rings. The Morgan fingerprint density at radius 1 is 0.900 bits per heavy atom. The van der Waals surface area contributed by atoms with Gasteiger partial charge in [0.25, 0.3) is 0 Å². The van der Waals surface area contributed by atoms with Gasteiger partial charge in [-0.3, -0.25) is 10.2 Å². The number of rotatable bonds is 3. The van der Waals surface area contributed by atoms with E-state index in [1.54, 1.807) is 0 Å². The maximum Gasteiger partial charge on any atom is 0.236 e. The molecule has 0 spiro atoms. The Hall–Kier alpha value is -3.17. The highest BCUT2D eigenvalue weighted by Gasteiger charge is 2.47. The van der Waals surface area contributed by atoms with Crippen LogP contribution in [0.5, 0.6) is 0 Å². The van der Waals surface area contributed by atoms with E-state index in [0.717, 1.165) is 0 Å². The standard InChI is InChI=1S/C27H26N2O/c1-18-14-15-21-22(16-18)24(19-10-6-4-7-11-19)25(20-12-8-5-9-13-20)26(21)29-27(2,3)17-23(30)28-29/h4-16,26H,17H2,1-3H3,(H,28,30). The fraction of sp³-hybridized carbons (Fsp3) is 0.222. The van der Waals surface area contributed by atoms with Gasteiger partial charge in [0.1, 0.15) is 0 Å². The van der Waals surface area contributed by atoms with Crippen molar-refractivity contribution >= 4 is 17.1 Å². The molecule has 1 fully saturated rings. The van der Waals surface area contributed by atoms with Crippen LogP contribution in [0.15, 0.2) is 78.9 Å². The molecule has 1 unspecified atom stereocenters. The lowest BCUT2D eigenvalue weighted by atomic mass is 9.91. The number of carbonyl (C=O) groups is 1. The molecule has 30 heavy (non-hydrogen) atoms. The van der Waals surface area contributed by atoms with Crippen LogP contribution in [0, 0.1) is 6.92 Å². The lowest BCUT2D eigenvalue weighted by molar-refractivity contribution is -0.121. The summed E-state index contributed by atoms with van der Waals surface area (Å²) in [5.74, 6) is 0.0780. The molecule has 0 aromatic heterocycles. The number of nitrogens with one attached hydrogen (secondary N) is 1. The smallest absolute Gasteiger partial charge is 0.236 e. The zero-order valence-electron chi connectivity index (χ0n) is 17.6. The van der Waals surface area contributed by atoms with Crippen LogP contribution in [0.25, 0.3) is 11.1 Å². The average Bonchev–Trinajstić information content (AvgIpc) is 3.20. The number of aryl methyl sites for hydroxylation is 1. The van der Waals surface area contributed by atoms with E-state index in [-0.39, 0.29) is 17.5 Å². The van der Waals surface area contributed by atoms with E-state index in [4.69, 9.17) is 0 Å². The monoisotopic (exact) mass is 394 g/mol. The van der Waals surface area contributed by atoms with Crippen LogP contribution in [-0.4, -0.2) is 16.5 Å². The van der Waals surface area contributed by atoms with E-state index < -0.39 is 0 Å². The Morgan fingerprint density at radius 2 is 1.53 bits per heavy atom. The van der Waals surface area contributed by atoms with Gasteiger partial charge in [-0.25, -0.2) is 5.01 Å². The van der Waals surface area contributed by atoms with Crippen molar-refractivity contribution in [2.75, 3.05) is 0 Å². The molecule has 1 heterocycles. The Bertz CT molecular complexity index is 1150. The van der Waals surface area contributed by atoms with Crippen LogP contribution in [-0.2, 0) is 4.79 Å². The quantitative estimate of drug-likeness (QED) is 0.634. The predicted molar refractivity (Wildman–Crippen MR) is 121 cm³/mol. The molecule has 3 aromatic rings. The van der Waals surface area contributed by atoms with Crippen LogP contribution < -0.4 is 5.43 Å². The molecule has 3 aromatic carbocycles. The minimum Gasteiger partial charge on any atom is -0.287 e. The summed E-state index contributed by atoms with van der Waals surface area (Å²) >= 11 is 0. The predicted octanol–water partition coefficient (Wildman–Crippen LogP) is 5.52. The first-order valence-electron chi connectivity index (χ1n) is 10.5. The summed E-state index contributed by atoms with van der Waals surface area (Å²) in [5.41, 5.74) is 11.5. The van der Waals surface area contributed by atoms with E-state index >= 15 is 0 Å². The molecule has 1 N–H and O–H groups in total. The van der Waals surface area contributed by atoms with Gasteiger partial charge in [0.15, 0.2) is 0 Å². The first-order chi connectivity index (χ1) is 14.5. The van der Waals surface area contributed by atoms with Crippen molar-refractivity contribution in [3.63, 3.8) is 0 Å². The van der Waals surface area contributed by atoms with Gasteiger partial charge >= 0.3 is 0 Å². The molecule has 0 bridgehead atoms. The molecule has 1 saturated heterocycles. The van der Waals surface area contributed by atoms with Crippen LogP contribution in [0.2, 0.25) is 0 Å². The third kappa shape index (κ3) is 2.98. The molecule has 3 heteroatoms.